The lowest BCUT2D eigenvalue weighted by molar-refractivity contribution is -0.530. The fourth-order valence-corrected chi connectivity index (χ4v) is 2.97. The lowest BCUT2D eigenvalue weighted by atomic mass is 9.79. The molecule has 2 aliphatic rings. The number of hydrogen-bond donors (Lipinski definition) is 1. The van der Waals surface area contributed by atoms with Crippen LogP contribution in [0.1, 0.15) is 44.9 Å². The normalized spacial score (nSPS) is 32.1. The van der Waals surface area contributed by atoms with Crippen LogP contribution in [-0.4, -0.2) is 22.9 Å². The van der Waals surface area contributed by atoms with Crippen molar-refractivity contribution in [3.05, 3.63) is 10.1 Å². The molecule has 16 heavy (non-hydrogen) atoms. The minimum absolute atomic E-state index is 0.0197. The van der Waals surface area contributed by atoms with Crippen LogP contribution < -0.4 is 5.32 Å². The zero-order valence-corrected chi connectivity index (χ0v) is 9.35. The maximum Gasteiger partial charge on any atom is 0.233 e. The van der Waals surface area contributed by atoms with Gasteiger partial charge in [0, 0.05) is 17.8 Å². The van der Waals surface area contributed by atoms with Crippen LogP contribution in [0.4, 0.5) is 0 Å². The van der Waals surface area contributed by atoms with Crippen molar-refractivity contribution in [2.75, 3.05) is 0 Å². The van der Waals surface area contributed by atoms with Crippen molar-refractivity contribution in [3.63, 3.8) is 0 Å². The van der Waals surface area contributed by atoms with Crippen LogP contribution in [0, 0.1) is 16.0 Å². The van der Waals surface area contributed by atoms with Crippen molar-refractivity contribution in [2.45, 2.75) is 57.0 Å². The van der Waals surface area contributed by atoms with Gasteiger partial charge in [-0.3, -0.25) is 14.9 Å². The number of hydrogen-bond acceptors (Lipinski definition) is 3. The Morgan fingerprint density at radius 3 is 2.50 bits per heavy atom. The SMILES string of the molecule is O=C1CC[C@H]([N+](=O)[O-])[C@@H](C2CCCCC2)N1. The van der Waals surface area contributed by atoms with Gasteiger partial charge in [-0.1, -0.05) is 19.3 Å². The molecule has 0 aromatic rings. The zero-order valence-electron chi connectivity index (χ0n) is 9.35. The standard InChI is InChI=1S/C11H18N2O3/c14-10-7-6-9(13(15)16)11(12-10)8-4-2-1-3-5-8/h8-9,11H,1-7H2,(H,12,14)/t9-,11+/m0/s1. The molecule has 1 heterocycles. The molecule has 2 rings (SSSR count). The second-order valence-electron chi connectivity index (χ2n) is 4.88. The molecule has 0 radical (unpaired) electrons. The van der Waals surface area contributed by atoms with Gasteiger partial charge in [-0.25, -0.2) is 0 Å². The summed E-state index contributed by atoms with van der Waals surface area (Å²) in [6.07, 6.45) is 6.25. The second kappa shape index (κ2) is 4.80. The summed E-state index contributed by atoms with van der Waals surface area (Å²) in [6.45, 7) is 0. The van der Waals surface area contributed by atoms with Crippen LogP contribution in [0.25, 0.3) is 0 Å². The Labute approximate surface area is 94.7 Å². The monoisotopic (exact) mass is 226 g/mol. The Hall–Kier alpha value is -1.13. The van der Waals surface area contributed by atoms with E-state index in [2.05, 4.69) is 5.32 Å². The van der Waals surface area contributed by atoms with Gasteiger partial charge in [0.05, 0.1) is 6.04 Å². The van der Waals surface area contributed by atoms with Crippen LogP contribution in [0.3, 0.4) is 0 Å². The minimum atomic E-state index is -0.569. The van der Waals surface area contributed by atoms with Gasteiger partial charge in [0.15, 0.2) is 0 Å². The van der Waals surface area contributed by atoms with Crippen molar-refractivity contribution in [2.24, 2.45) is 5.92 Å². The lowest BCUT2D eigenvalue weighted by Crippen LogP contribution is -2.55. The highest BCUT2D eigenvalue weighted by molar-refractivity contribution is 5.77. The smallest absolute Gasteiger partial charge is 0.233 e. The van der Waals surface area contributed by atoms with E-state index in [1.165, 1.54) is 6.42 Å². The van der Waals surface area contributed by atoms with E-state index in [1.807, 2.05) is 0 Å². The number of nitro groups is 1. The first-order valence-electron chi connectivity index (χ1n) is 6.11. The molecule has 2 atom stereocenters. The molecule has 1 N–H and O–H groups in total. The maximum absolute atomic E-state index is 11.4. The van der Waals surface area contributed by atoms with E-state index >= 15 is 0 Å². The third-order valence-corrected chi connectivity index (χ3v) is 3.84. The average molecular weight is 226 g/mol. The topological polar surface area (TPSA) is 72.2 Å². The third-order valence-electron chi connectivity index (χ3n) is 3.84. The minimum Gasteiger partial charge on any atom is -0.346 e. The fraction of sp³-hybridized carbons (Fsp3) is 0.909. The van der Waals surface area contributed by atoms with Crippen LogP contribution in [-0.2, 0) is 4.79 Å². The van der Waals surface area contributed by atoms with Crippen molar-refractivity contribution < 1.29 is 9.72 Å². The number of carbonyl (C=O) groups is 1. The van der Waals surface area contributed by atoms with E-state index < -0.39 is 6.04 Å². The summed E-state index contributed by atoms with van der Waals surface area (Å²) in [7, 11) is 0. The molecule has 0 bridgehead atoms. The quantitative estimate of drug-likeness (QED) is 0.572. The average Bonchev–Trinajstić information content (AvgIpc) is 2.29. The van der Waals surface area contributed by atoms with Gasteiger partial charge in [-0.2, -0.15) is 0 Å². The molecule has 1 saturated heterocycles. The zero-order chi connectivity index (χ0) is 11.5. The Balaban J connectivity index is 2.06. The second-order valence-corrected chi connectivity index (χ2v) is 4.88. The molecular formula is C11H18N2O3. The Bertz CT molecular complexity index is 287. The molecule has 1 aliphatic heterocycles. The van der Waals surface area contributed by atoms with Crippen molar-refractivity contribution in [3.8, 4) is 0 Å². The molecule has 1 aliphatic carbocycles. The summed E-state index contributed by atoms with van der Waals surface area (Å²) in [5.74, 6) is 0.294. The van der Waals surface area contributed by atoms with Crippen LogP contribution in [0.2, 0.25) is 0 Å². The van der Waals surface area contributed by atoms with E-state index in [4.69, 9.17) is 0 Å². The highest BCUT2D eigenvalue weighted by Crippen LogP contribution is 2.31. The van der Waals surface area contributed by atoms with Crippen molar-refractivity contribution >= 4 is 5.91 Å². The van der Waals surface area contributed by atoms with Gasteiger partial charge in [0.1, 0.15) is 0 Å². The number of carbonyl (C=O) groups excluding carboxylic acids is 1. The molecule has 0 aromatic carbocycles. The van der Waals surface area contributed by atoms with Crippen molar-refractivity contribution in [1.82, 2.24) is 5.32 Å². The highest BCUT2D eigenvalue weighted by Gasteiger charge is 2.41. The lowest BCUT2D eigenvalue weighted by Gasteiger charge is -2.34. The molecule has 0 spiro atoms. The van der Waals surface area contributed by atoms with E-state index in [1.54, 1.807) is 0 Å². The first-order valence-corrected chi connectivity index (χ1v) is 6.11. The van der Waals surface area contributed by atoms with Crippen molar-refractivity contribution in [1.29, 1.82) is 0 Å². The molecule has 1 amide bonds. The summed E-state index contributed by atoms with van der Waals surface area (Å²) in [5, 5.41) is 13.8. The summed E-state index contributed by atoms with van der Waals surface area (Å²) < 4.78 is 0. The number of nitrogens with zero attached hydrogens (tertiary/aromatic N) is 1. The van der Waals surface area contributed by atoms with Gasteiger partial charge in [-0.05, 0) is 18.8 Å². The van der Waals surface area contributed by atoms with Gasteiger partial charge < -0.3 is 5.32 Å². The first-order chi connectivity index (χ1) is 7.68. The summed E-state index contributed by atoms with van der Waals surface area (Å²) >= 11 is 0. The molecule has 5 heteroatoms. The molecule has 0 unspecified atom stereocenters. The molecule has 0 aromatic heterocycles. The molecular weight excluding hydrogens is 208 g/mol. The fourth-order valence-electron chi connectivity index (χ4n) is 2.97. The maximum atomic E-state index is 11.4. The van der Waals surface area contributed by atoms with Gasteiger partial charge >= 0.3 is 0 Å². The van der Waals surface area contributed by atoms with E-state index in [0.29, 0.717) is 18.8 Å². The summed E-state index contributed by atoms with van der Waals surface area (Å²) in [6, 6.07) is -0.794. The number of rotatable bonds is 2. The van der Waals surface area contributed by atoms with Gasteiger partial charge in [-0.15, -0.1) is 0 Å². The van der Waals surface area contributed by atoms with Crippen LogP contribution in [0.15, 0.2) is 0 Å². The van der Waals surface area contributed by atoms with Gasteiger partial charge in [0.25, 0.3) is 0 Å². The summed E-state index contributed by atoms with van der Waals surface area (Å²) in [4.78, 5) is 22.1. The number of piperidine rings is 1. The molecule has 2 fully saturated rings. The Morgan fingerprint density at radius 2 is 1.88 bits per heavy atom. The number of nitrogens with one attached hydrogen (secondary N) is 1. The predicted octanol–water partition coefficient (Wildman–Crippen LogP) is 1.49. The highest BCUT2D eigenvalue weighted by atomic mass is 16.6. The summed E-state index contributed by atoms with van der Waals surface area (Å²) in [5.41, 5.74) is 0. The van der Waals surface area contributed by atoms with E-state index in [0.717, 1.165) is 25.7 Å². The van der Waals surface area contributed by atoms with Crippen LogP contribution >= 0.6 is 0 Å². The largest absolute Gasteiger partial charge is 0.346 e. The Kier molecular flexibility index (Phi) is 3.41. The van der Waals surface area contributed by atoms with E-state index in [-0.39, 0.29) is 16.9 Å². The third kappa shape index (κ3) is 2.33. The molecule has 1 saturated carbocycles. The number of amides is 1. The Morgan fingerprint density at radius 1 is 1.19 bits per heavy atom. The predicted molar refractivity (Wildman–Crippen MR) is 58.5 cm³/mol. The van der Waals surface area contributed by atoms with Gasteiger partial charge in [0.2, 0.25) is 11.9 Å². The molecule has 5 nitrogen and oxygen atoms in total. The molecule has 90 valence electrons. The first kappa shape index (κ1) is 11.4. The van der Waals surface area contributed by atoms with Crippen LogP contribution in [0.5, 0.6) is 0 Å². The van der Waals surface area contributed by atoms with E-state index in [9.17, 15) is 14.9 Å².